The van der Waals surface area contributed by atoms with Crippen LogP contribution < -0.4 is 5.32 Å². The number of terminal acetylenes is 1. The van der Waals surface area contributed by atoms with Crippen LogP contribution in [0.25, 0.3) is 0 Å². The first-order chi connectivity index (χ1) is 7.24. The molecule has 0 aliphatic carbocycles. The van der Waals surface area contributed by atoms with Crippen molar-refractivity contribution in [3.05, 3.63) is 10.4 Å². The predicted octanol–water partition coefficient (Wildman–Crippen LogP) is 2.39. The Morgan fingerprint density at radius 1 is 1.27 bits per heavy atom. The van der Waals surface area contributed by atoms with Gasteiger partial charge in [0.25, 0.3) is 0 Å². The first-order valence-corrected chi connectivity index (χ1v) is 5.22. The zero-order valence-corrected chi connectivity index (χ0v) is 9.52. The van der Waals surface area contributed by atoms with Crippen molar-refractivity contribution in [3.63, 3.8) is 0 Å². The number of hydrogen-bond donors (Lipinski definition) is 1. The number of nitrogens with one attached hydrogen (secondary N) is 1. The largest absolute Gasteiger partial charge is 0.367 e. The van der Waals surface area contributed by atoms with Gasteiger partial charge in [-0.2, -0.15) is 4.98 Å². The number of halogens is 2. The summed E-state index contributed by atoms with van der Waals surface area (Å²) in [6.07, 6.45) is 7.81. The van der Waals surface area contributed by atoms with Crippen molar-refractivity contribution in [1.82, 2.24) is 15.2 Å². The van der Waals surface area contributed by atoms with E-state index in [4.69, 9.17) is 29.6 Å². The molecule has 1 rings (SSSR count). The van der Waals surface area contributed by atoms with E-state index in [1.807, 2.05) is 0 Å². The second-order valence-corrected chi connectivity index (χ2v) is 3.50. The van der Waals surface area contributed by atoms with Crippen molar-refractivity contribution in [1.29, 1.82) is 0 Å². The van der Waals surface area contributed by atoms with E-state index in [1.54, 1.807) is 0 Å². The molecule has 80 valence electrons. The van der Waals surface area contributed by atoms with Crippen molar-refractivity contribution in [2.24, 2.45) is 0 Å². The molecule has 0 amide bonds. The number of anilines is 1. The maximum Gasteiger partial charge on any atom is 0.245 e. The quantitative estimate of drug-likeness (QED) is 0.639. The lowest BCUT2D eigenvalue weighted by Gasteiger charge is -2.05. The summed E-state index contributed by atoms with van der Waals surface area (Å²) in [6.45, 7) is 0.733. The Labute approximate surface area is 98.4 Å². The fraction of sp³-hybridized carbons (Fsp3) is 0.444. The van der Waals surface area contributed by atoms with Gasteiger partial charge in [-0.15, -0.1) is 22.5 Å². The summed E-state index contributed by atoms with van der Waals surface area (Å²) in [5, 5.41) is 10.4. The average molecular weight is 245 g/mol. The van der Waals surface area contributed by atoms with Gasteiger partial charge in [0.2, 0.25) is 5.28 Å². The Morgan fingerprint density at radius 2 is 2.07 bits per heavy atom. The van der Waals surface area contributed by atoms with Crippen LogP contribution in [-0.2, 0) is 0 Å². The molecule has 1 aromatic heterocycles. The molecule has 0 saturated heterocycles. The highest BCUT2D eigenvalue weighted by atomic mass is 35.5. The molecule has 0 aromatic carbocycles. The van der Waals surface area contributed by atoms with Crippen LogP contribution in [-0.4, -0.2) is 21.7 Å². The van der Waals surface area contributed by atoms with Crippen molar-refractivity contribution < 1.29 is 0 Å². The van der Waals surface area contributed by atoms with Gasteiger partial charge in [0.05, 0.1) is 0 Å². The maximum atomic E-state index is 5.75. The van der Waals surface area contributed by atoms with Crippen LogP contribution in [0.15, 0.2) is 0 Å². The smallest absolute Gasteiger partial charge is 0.245 e. The summed E-state index contributed by atoms with van der Waals surface area (Å²) >= 11 is 11.3. The molecule has 0 radical (unpaired) electrons. The number of unbranched alkanes of at least 4 members (excludes halogenated alkanes) is 2. The van der Waals surface area contributed by atoms with Crippen molar-refractivity contribution in [3.8, 4) is 12.3 Å². The van der Waals surface area contributed by atoms with E-state index in [2.05, 4.69) is 26.4 Å². The lowest BCUT2D eigenvalue weighted by Crippen LogP contribution is -2.05. The number of aromatic nitrogens is 3. The van der Waals surface area contributed by atoms with Gasteiger partial charge in [-0.05, 0) is 24.4 Å². The summed E-state index contributed by atoms with van der Waals surface area (Å²) in [5.41, 5.74) is 0. The molecule has 0 aliphatic rings. The highest BCUT2D eigenvalue weighted by molar-refractivity contribution is 6.32. The standard InChI is InChI=1S/C9H10Cl2N4/c1-2-3-4-5-6-12-8-7(10)14-15-9(11)13-8/h1H,3-6H2,(H,12,13,15). The second kappa shape index (κ2) is 6.44. The third-order valence-corrected chi connectivity index (χ3v) is 2.07. The highest BCUT2D eigenvalue weighted by Gasteiger charge is 2.04. The third-order valence-electron chi connectivity index (χ3n) is 1.66. The van der Waals surface area contributed by atoms with Crippen LogP contribution in [0, 0.1) is 12.3 Å². The zero-order valence-electron chi connectivity index (χ0n) is 8.00. The Kier molecular flexibility index (Phi) is 5.16. The van der Waals surface area contributed by atoms with Crippen molar-refractivity contribution in [2.45, 2.75) is 19.3 Å². The fourth-order valence-electron chi connectivity index (χ4n) is 0.965. The van der Waals surface area contributed by atoms with Gasteiger partial charge < -0.3 is 5.32 Å². The van der Waals surface area contributed by atoms with Gasteiger partial charge in [-0.3, -0.25) is 0 Å². The van der Waals surface area contributed by atoms with Crippen LogP contribution in [0.4, 0.5) is 5.82 Å². The van der Waals surface area contributed by atoms with Crippen LogP contribution in [0.2, 0.25) is 10.4 Å². The Hall–Kier alpha value is -1.05. The van der Waals surface area contributed by atoms with E-state index in [0.29, 0.717) is 5.82 Å². The summed E-state index contributed by atoms with van der Waals surface area (Å²) in [6, 6.07) is 0. The molecule has 0 atom stereocenters. The fourth-order valence-corrected chi connectivity index (χ4v) is 1.23. The highest BCUT2D eigenvalue weighted by Crippen LogP contribution is 2.16. The van der Waals surface area contributed by atoms with Gasteiger partial charge >= 0.3 is 0 Å². The van der Waals surface area contributed by atoms with Gasteiger partial charge in [-0.1, -0.05) is 11.6 Å². The van der Waals surface area contributed by atoms with Crippen LogP contribution >= 0.6 is 23.2 Å². The van der Waals surface area contributed by atoms with Crippen LogP contribution in [0.5, 0.6) is 0 Å². The molecule has 15 heavy (non-hydrogen) atoms. The van der Waals surface area contributed by atoms with Crippen molar-refractivity contribution >= 4 is 29.0 Å². The summed E-state index contributed by atoms with van der Waals surface area (Å²) < 4.78 is 0. The molecular formula is C9H10Cl2N4. The predicted molar refractivity (Wildman–Crippen MR) is 61.0 cm³/mol. The molecule has 1 N–H and O–H groups in total. The van der Waals surface area contributed by atoms with Gasteiger partial charge in [-0.25, -0.2) is 0 Å². The molecule has 1 heterocycles. The van der Waals surface area contributed by atoms with Crippen LogP contribution in [0.1, 0.15) is 19.3 Å². The Balaban J connectivity index is 2.37. The average Bonchev–Trinajstić information content (AvgIpc) is 2.23. The van der Waals surface area contributed by atoms with Crippen LogP contribution in [0.3, 0.4) is 0 Å². The Bertz CT molecular complexity index is 362. The van der Waals surface area contributed by atoms with Crippen molar-refractivity contribution in [2.75, 3.05) is 11.9 Å². The molecular weight excluding hydrogens is 235 g/mol. The first kappa shape index (κ1) is 12.0. The monoisotopic (exact) mass is 244 g/mol. The van der Waals surface area contributed by atoms with Gasteiger partial charge in [0.15, 0.2) is 11.0 Å². The molecule has 4 nitrogen and oxygen atoms in total. The molecule has 0 aliphatic heterocycles. The minimum absolute atomic E-state index is 0.0746. The molecule has 0 spiro atoms. The molecule has 0 unspecified atom stereocenters. The summed E-state index contributed by atoms with van der Waals surface area (Å²) in [5.74, 6) is 3.03. The minimum atomic E-state index is 0.0746. The van der Waals surface area contributed by atoms with E-state index in [1.165, 1.54) is 0 Å². The first-order valence-electron chi connectivity index (χ1n) is 4.47. The zero-order chi connectivity index (χ0) is 11.1. The number of nitrogens with zero attached hydrogens (tertiary/aromatic N) is 3. The molecule has 0 fully saturated rings. The molecule has 0 saturated carbocycles. The lowest BCUT2D eigenvalue weighted by molar-refractivity contribution is 0.785. The SMILES string of the molecule is C#CCCCCNc1nc(Cl)nnc1Cl. The second-order valence-electron chi connectivity index (χ2n) is 2.81. The van der Waals surface area contributed by atoms with E-state index >= 15 is 0 Å². The molecule has 6 heteroatoms. The molecule has 0 bridgehead atoms. The summed E-state index contributed by atoms with van der Waals surface area (Å²) in [7, 11) is 0. The minimum Gasteiger partial charge on any atom is -0.367 e. The summed E-state index contributed by atoms with van der Waals surface area (Å²) in [4.78, 5) is 3.90. The third kappa shape index (κ3) is 4.32. The number of rotatable bonds is 5. The van der Waals surface area contributed by atoms with Gasteiger partial charge in [0, 0.05) is 13.0 Å². The number of hydrogen-bond acceptors (Lipinski definition) is 4. The Morgan fingerprint density at radius 3 is 2.80 bits per heavy atom. The van der Waals surface area contributed by atoms with E-state index in [0.717, 1.165) is 25.8 Å². The maximum absolute atomic E-state index is 5.75. The van der Waals surface area contributed by atoms with E-state index in [-0.39, 0.29) is 10.4 Å². The molecule has 1 aromatic rings. The van der Waals surface area contributed by atoms with Gasteiger partial charge in [0.1, 0.15) is 0 Å². The topological polar surface area (TPSA) is 50.7 Å². The van der Waals surface area contributed by atoms with E-state index in [9.17, 15) is 0 Å². The normalized spacial score (nSPS) is 9.67. The lowest BCUT2D eigenvalue weighted by atomic mass is 10.2. The van der Waals surface area contributed by atoms with E-state index < -0.39 is 0 Å².